The number of aryl methyl sites for hydroxylation is 3. The lowest BCUT2D eigenvalue weighted by atomic mass is 9.78. The summed E-state index contributed by atoms with van der Waals surface area (Å²) in [4.78, 5) is 12.3. The molecule has 0 N–H and O–H groups in total. The Balaban J connectivity index is 2.79. The Morgan fingerprint density at radius 2 is 1.58 bits per heavy atom. The third-order valence-corrected chi connectivity index (χ3v) is 4.23. The maximum absolute atomic E-state index is 12.3. The van der Waals surface area contributed by atoms with E-state index in [1.165, 1.54) is 22.3 Å². The van der Waals surface area contributed by atoms with E-state index in [0.29, 0.717) is 24.5 Å². The summed E-state index contributed by atoms with van der Waals surface area (Å²) >= 11 is 0. The molecule has 0 aliphatic rings. The van der Waals surface area contributed by atoms with Crippen molar-refractivity contribution in [1.29, 1.82) is 0 Å². The average molecular weight is 260 g/mol. The van der Waals surface area contributed by atoms with Crippen LogP contribution in [0.15, 0.2) is 12.1 Å². The van der Waals surface area contributed by atoms with Crippen LogP contribution in [0.5, 0.6) is 0 Å². The minimum Gasteiger partial charge on any atom is -0.299 e. The first-order chi connectivity index (χ1) is 8.61. The second-order valence-electron chi connectivity index (χ2n) is 7.06. The van der Waals surface area contributed by atoms with E-state index >= 15 is 0 Å². The Morgan fingerprint density at radius 3 is 2.00 bits per heavy atom. The number of carbonyl (C=O) groups is 1. The molecule has 0 radical (unpaired) electrons. The van der Waals surface area contributed by atoms with Crippen LogP contribution in [0.3, 0.4) is 0 Å². The molecule has 0 amide bonds. The summed E-state index contributed by atoms with van der Waals surface area (Å²) in [5.41, 5.74) is 5.18. The standard InChI is InChI=1S/C18H28O/c1-12-8-13(2)17(14(3)9-12)11-16(19)10-15(4)18(5,6)7/h8-9,15H,10-11H2,1-7H3. The number of ketones is 1. The monoisotopic (exact) mass is 260 g/mol. The van der Waals surface area contributed by atoms with Gasteiger partial charge in [-0.3, -0.25) is 4.79 Å². The number of Topliss-reactive ketones (excluding diaryl/α,β-unsaturated/α-hetero) is 1. The van der Waals surface area contributed by atoms with Gasteiger partial charge in [0.2, 0.25) is 0 Å². The molecule has 0 fully saturated rings. The fourth-order valence-electron chi connectivity index (χ4n) is 2.41. The molecule has 0 saturated carbocycles. The van der Waals surface area contributed by atoms with Crippen molar-refractivity contribution in [1.82, 2.24) is 0 Å². The van der Waals surface area contributed by atoms with Gasteiger partial charge in [0.15, 0.2) is 0 Å². The van der Waals surface area contributed by atoms with Crippen LogP contribution in [-0.4, -0.2) is 5.78 Å². The molecule has 0 aliphatic carbocycles. The Hall–Kier alpha value is -1.11. The molecule has 0 spiro atoms. The van der Waals surface area contributed by atoms with Crippen LogP contribution in [0.1, 0.15) is 56.4 Å². The van der Waals surface area contributed by atoms with Crippen molar-refractivity contribution in [3.8, 4) is 0 Å². The normalized spacial score (nSPS) is 13.4. The Morgan fingerprint density at radius 1 is 1.11 bits per heavy atom. The van der Waals surface area contributed by atoms with Crippen molar-refractivity contribution in [2.75, 3.05) is 0 Å². The van der Waals surface area contributed by atoms with Crippen molar-refractivity contribution >= 4 is 5.78 Å². The number of hydrogen-bond donors (Lipinski definition) is 0. The van der Waals surface area contributed by atoms with Gasteiger partial charge in [-0.25, -0.2) is 0 Å². The van der Waals surface area contributed by atoms with Crippen LogP contribution in [0.4, 0.5) is 0 Å². The molecule has 1 aromatic carbocycles. The van der Waals surface area contributed by atoms with Gasteiger partial charge in [0.05, 0.1) is 0 Å². The summed E-state index contributed by atoms with van der Waals surface area (Å²) in [5.74, 6) is 0.781. The van der Waals surface area contributed by atoms with Gasteiger partial charge < -0.3 is 0 Å². The molecule has 0 saturated heterocycles. The van der Waals surface area contributed by atoms with Gasteiger partial charge in [-0.15, -0.1) is 0 Å². The molecule has 1 aromatic rings. The highest BCUT2D eigenvalue weighted by Crippen LogP contribution is 2.29. The van der Waals surface area contributed by atoms with E-state index in [-0.39, 0.29) is 5.41 Å². The minimum atomic E-state index is 0.201. The molecule has 0 heterocycles. The zero-order chi connectivity index (χ0) is 14.8. The van der Waals surface area contributed by atoms with E-state index in [1.54, 1.807) is 0 Å². The first kappa shape index (κ1) is 15.9. The molecule has 1 heteroatoms. The summed E-state index contributed by atoms with van der Waals surface area (Å²) in [6.45, 7) is 15.1. The SMILES string of the molecule is Cc1cc(C)c(CC(=O)CC(C)C(C)(C)C)c(C)c1. The number of benzene rings is 1. The molecule has 0 aliphatic heterocycles. The Labute approximate surface area is 118 Å². The van der Waals surface area contributed by atoms with Crippen LogP contribution in [0.25, 0.3) is 0 Å². The van der Waals surface area contributed by atoms with Crippen LogP contribution >= 0.6 is 0 Å². The number of carbonyl (C=O) groups excluding carboxylic acids is 1. The van der Waals surface area contributed by atoms with Crippen LogP contribution < -0.4 is 0 Å². The van der Waals surface area contributed by atoms with E-state index in [4.69, 9.17) is 0 Å². The van der Waals surface area contributed by atoms with Crippen molar-refractivity contribution in [2.24, 2.45) is 11.3 Å². The van der Waals surface area contributed by atoms with Crippen molar-refractivity contribution < 1.29 is 4.79 Å². The summed E-state index contributed by atoms with van der Waals surface area (Å²) in [6, 6.07) is 4.34. The van der Waals surface area contributed by atoms with Crippen molar-refractivity contribution in [3.63, 3.8) is 0 Å². The van der Waals surface area contributed by atoms with Crippen molar-refractivity contribution in [2.45, 2.75) is 61.3 Å². The molecule has 0 bridgehead atoms. The van der Waals surface area contributed by atoms with Gasteiger partial charge in [-0.2, -0.15) is 0 Å². The molecule has 1 rings (SSSR count). The number of hydrogen-bond acceptors (Lipinski definition) is 1. The van der Waals surface area contributed by atoms with Gasteiger partial charge in [0.25, 0.3) is 0 Å². The third kappa shape index (κ3) is 4.49. The van der Waals surface area contributed by atoms with Gasteiger partial charge in [0, 0.05) is 12.8 Å². The third-order valence-electron chi connectivity index (χ3n) is 4.23. The molecule has 0 aromatic heterocycles. The van der Waals surface area contributed by atoms with Gasteiger partial charge in [-0.05, 0) is 48.8 Å². The van der Waals surface area contributed by atoms with E-state index < -0.39 is 0 Å². The second kappa shape index (κ2) is 5.90. The van der Waals surface area contributed by atoms with Gasteiger partial charge in [-0.1, -0.05) is 45.4 Å². The van der Waals surface area contributed by atoms with E-state index in [1.807, 2.05) is 0 Å². The molecule has 1 nitrogen and oxygen atoms in total. The lowest BCUT2D eigenvalue weighted by Gasteiger charge is -2.26. The topological polar surface area (TPSA) is 17.1 Å². The predicted molar refractivity (Wildman–Crippen MR) is 82.6 cm³/mol. The zero-order valence-corrected chi connectivity index (χ0v) is 13.6. The molecule has 1 unspecified atom stereocenters. The quantitative estimate of drug-likeness (QED) is 0.760. The van der Waals surface area contributed by atoms with Crippen LogP contribution in [-0.2, 0) is 11.2 Å². The van der Waals surface area contributed by atoms with Gasteiger partial charge >= 0.3 is 0 Å². The summed E-state index contributed by atoms with van der Waals surface area (Å²) in [5, 5.41) is 0. The Bertz CT molecular complexity index is 440. The summed E-state index contributed by atoms with van der Waals surface area (Å²) in [6.07, 6.45) is 1.26. The van der Waals surface area contributed by atoms with Gasteiger partial charge in [0.1, 0.15) is 5.78 Å². The first-order valence-electron chi connectivity index (χ1n) is 7.19. The zero-order valence-electron chi connectivity index (χ0n) is 13.6. The fourth-order valence-corrected chi connectivity index (χ4v) is 2.41. The summed E-state index contributed by atoms with van der Waals surface area (Å²) in [7, 11) is 0. The van der Waals surface area contributed by atoms with E-state index in [9.17, 15) is 4.79 Å². The van der Waals surface area contributed by atoms with Crippen LogP contribution in [0, 0.1) is 32.1 Å². The minimum absolute atomic E-state index is 0.201. The second-order valence-corrected chi connectivity index (χ2v) is 7.06. The maximum Gasteiger partial charge on any atom is 0.137 e. The molecular formula is C18H28O. The molecule has 106 valence electrons. The smallest absolute Gasteiger partial charge is 0.137 e. The predicted octanol–water partition coefficient (Wildman–Crippen LogP) is 4.80. The van der Waals surface area contributed by atoms with Crippen LogP contribution in [0.2, 0.25) is 0 Å². The fraction of sp³-hybridized carbons (Fsp3) is 0.611. The van der Waals surface area contributed by atoms with E-state index in [2.05, 4.69) is 60.6 Å². The molecule has 1 atom stereocenters. The Kier molecular flexibility index (Phi) is 4.95. The molecule has 19 heavy (non-hydrogen) atoms. The lowest BCUT2D eigenvalue weighted by Crippen LogP contribution is -2.21. The largest absolute Gasteiger partial charge is 0.299 e. The maximum atomic E-state index is 12.3. The number of rotatable bonds is 4. The van der Waals surface area contributed by atoms with E-state index in [0.717, 1.165) is 0 Å². The van der Waals surface area contributed by atoms with Crippen molar-refractivity contribution in [3.05, 3.63) is 34.4 Å². The highest BCUT2D eigenvalue weighted by Gasteiger charge is 2.23. The highest BCUT2D eigenvalue weighted by molar-refractivity contribution is 5.81. The lowest BCUT2D eigenvalue weighted by molar-refractivity contribution is -0.120. The molecular weight excluding hydrogens is 232 g/mol. The highest BCUT2D eigenvalue weighted by atomic mass is 16.1. The first-order valence-corrected chi connectivity index (χ1v) is 7.19. The average Bonchev–Trinajstić information content (AvgIpc) is 2.21. The summed E-state index contributed by atoms with van der Waals surface area (Å²) < 4.78 is 0.